The highest BCUT2D eigenvalue weighted by Crippen LogP contribution is 2.34. The van der Waals surface area contributed by atoms with E-state index in [1.54, 1.807) is 0 Å². The van der Waals surface area contributed by atoms with E-state index in [1.165, 1.54) is 6.42 Å². The average Bonchev–Trinajstić information content (AvgIpc) is 2.33. The zero-order valence-corrected chi connectivity index (χ0v) is 12.7. The van der Waals surface area contributed by atoms with Crippen molar-refractivity contribution in [2.45, 2.75) is 77.4 Å². The maximum absolute atomic E-state index is 12.4. The highest BCUT2D eigenvalue weighted by molar-refractivity contribution is 5.80. The molecule has 2 fully saturated rings. The zero-order valence-electron chi connectivity index (χ0n) is 12.7. The maximum Gasteiger partial charge on any atom is 0.326 e. The van der Waals surface area contributed by atoms with Crippen molar-refractivity contribution in [3.63, 3.8) is 0 Å². The van der Waals surface area contributed by atoms with Crippen LogP contribution in [0.5, 0.6) is 0 Å². The van der Waals surface area contributed by atoms with Gasteiger partial charge in [-0.05, 0) is 49.9 Å². The molecule has 0 aromatic rings. The normalized spacial score (nSPS) is 43.8. The largest absolute Gasteiger partial charge is 0.461 e. The summed E-state index contributed by atoms with van der Waals surface area (Å²) >= 11 is 0. The van der Waals surface area contributed by atoms with E-state index in [0.717, 1.165) is 44.4 Å². The lowest BCUT2D eigenvalue weighted by atomic mass is 9.76. The summed E-state index contributed by atoms with van der Waals surface area (Å²) in [4.78, 5) is 12.4. The van der Waals surface area contributed by atoms with Crippen LogP contribution in [0, 0.1) is 17.8 Å². The van der Waals surface area contributed by atoms with E-state index in [2.05, 4.69) is 20.8 Å². The number of esters is 1. The van der Waals surface area contributed by atoms with E-state index in [-0.39, 0.29) is 12.1 Å². The van der Waals surface area contributed by atoms with E-state index in [0.29, 0.717) is 11.8 Å². The Morgan fingerprint density at radius 1 is 1.16 bits per heavy atom. The Balaban J connectivity index is 1.90. The van der Waals surface area contributed by atoms with Crippen LogP contribution in [0.1, 0.15) is 65.7 Å². The highest BCUT2D eigenvalue weighted by atomic mass is 16.5. The first-order valence-corrected chi connectivity index (χ1v) is 7.90. The number of rotatable bonds is 2. The molecule has 3 heteroatoms. The van der Waals surface area contributed by atoms with Crippen LogP contribution in [0.25, 0.3) is 0 Å². The summed E-state index contributed by atoms with van der Waals surface area (Å²) < 4.78 is 5.74. The lowest BCUT2D eigenvalue weighted by molar-refractivity contribution is -0.160. The van der Waals surface area contributed by atoms with Gasteiger partial charge in [0.1, 0.15) is 11.6 Å². The molecule has 2 saturated carbocycles. The van der Waals surface area contributed by atoms with E-state index in [4.69, 9.17) is 10.5 Å². The second-order valence-electron chi connectivity index (χ2n) is 7.15. The van der Waals surface area contributed by atoms with Crippen molar-refractivity contribution in [2.75, 3.05) is 0 Å². The molecule has 5 unspecified atom stereocenters. The number of hydrogen-bond donors (Lipinski definition) is 1. The predicted octanol–water partition coefficient (Wildman–Crippen LogP) is 3.26. The predicted molar refractivity (Wildman–Crippen MR) is 76.6 cm³/mol. The first-order chi connectivity index (χ1) is 8.90. The van der Waals surface area contributed by atoms with Gasteiger partial charge in [0, 0.05) is 0 Å². The zero-order chi connectivity index (χ0) is 14.0. The van der Waals surface area contributed by atoms with Crippen LogP contribution in [-0.2, 0) is 9.53 Å². The maximum atomic E-state index is 12.4. The van der Waals surface area contributed by atoms with E-state index < -0.39 is 5.54 Å². The molecule has 110 valence electrons. The second-order valence-corrected chi connectivity index (χ2v) is 7.15. The summed E-state index contributed by atoms with van der Waals surface area (Å²) in [6.45, 7) is 6.72. The molecule has 0 spiro atoms. The molecule has 0 amide bonds. The lowest BCUT2D eigenvalue weighted by Crippen LogP contribution is -2.53. The average molecular weight is 267 g/mol. The van der Waals surface area contributed by atoms with Crippen LogP contribution < -0.4 is 5.73 Å². The van der Waals surface area contributed by atoms with Gasteiger partial charge in [-0.25, -0.2) is 0 Å². The van der Waals surface area contributed by atoms with Gasteiger partial charge in [0.25, 0.3) is 0 Å². The molecule has 0 aromatic carbocycles. The van der Waals surface area contributed by atoms with Gasteiger partial charge in [-0.3, -0.25) is 4.79 Å². The fourth-order valence-electron chi connectivity index (χ4n) is 3.65. The number of ether oxygens (including phenoxy) is 1. The summed E-state index contributed by atoms with van der Waals surface area (Å²) in [5.74, 6) is 1.78. The van der Waals surface area contributed by atoms with Gasteiger partial charge in [-0.15, -0.1) is 0 Å². The molecule has 0 radical (unpaired) electrons. The summed E-state index contributed by atoms with van der Waals surface area (Å²) in [7, 11) is 0. The molecule has 0 bridgehead atoms. The van der Waals surface area contributed by atoms with Crippen LogP contribution in [-0.4, -0.2) is 17.6 Å². The van der Waals surface area contributed by atoms with Crippen molar-refractivity contribution in [1.29, 1.82) is 0 Å². The SMILES string of the molecule is CC1CCCC(N)(C(=O)OC2CCC(C)C(C)C2)C1. The first kappa shape index (κ1) is 14.8. The molecule has 5 atom stereocenters. The van der Waals surface area contributed by atoms with E-state index in [1.807, 2.05) is 0 Å². The van der Waals surface area contributed by atoms with Crippen LogP contribution in [0.4, 0.5) is 0 Å². The summed E-state index contributed by atoms with van der Waals surface area (Å²) in [5.41, 5.74) is 5.58. The molecular formula is C16H29NO2. The standard InChI is InChI=1S/C16H29NO2/c1-11-5-4-8-16(17,10-11)15(18)19-14-7-6-12(2)13(3)9-14/h11-14H,4-10,17H2,1-3H3. The number of carbonyl (C=O) groups is 1. The van der Waals surface area contributed by atoms with Gasteiger partial charge < -0.3 is 10.5 Å². The van der Waals surface area contributed by atoms with Crippen LogP contribution in [0.2, 0.25) is 0 Å². The van der Waals surface area contributed by atoms with Gasteiger partial charge in [0.05, 0.1) is 0 Å². The summed E-state index contributed by atoms with van der Waals surface area (Å²) in [5, 5.41) is 0. The van der Waals surface area contributed by atoms with Gasteiger partial charge in [-0.2, -0.15) is 0 Å². The Morgan fingerprint density at radius 2 is 1.89 bits per heavy atom. The second kappa shape index (κ2) is 5.82. The molecule has 19 heavy (non-hydrogen) atoms. The van der Waals surface area contributed by atoms with Gasteiger partial charge in [0.15, 0.2) is 0 Å². The third-order valence-corrected chi connectivity index (χ3v) is 5.26. The molecule has 0 heterocycles. The van der Waals surface area contributed by atoms with Crippen LogP contribution in [0.15, 0.2) is 0 Å². The van der Waals surface area contributed by atoms with Crippen molar-refractivity contribution >= 4 is 5.97 Å². The fourth-order valence-corrected chi connectivity index (χ4v) is 3.65. The Labute approximate surface area is 117 Å². The molecule has 0 aromatic heterocycles. The minimum absolute atomic E-state index is 0.0938. The Bertz CT molecular complexity index is 331. The smallest absolute Gasteiger partial charge is 0.326 e. The number of nitrogens with two attached hydrogens (primary N) is 1. The molecule has 0 aliphatic heterocycles. The molecule has 2 aliphatic carbocycles. The van der Waals surface area contributed by atoms with Crippen molar-refractivity contribution in [2.24, 2.45) is 23.5 Å². The topological polar surface area (TPSA) is 52.3 Å². The molecule has 2 rings (SSSR count). The van der Waals surface area contributed by atoms with Crippen molar-refractivity contribution in [3.05, 3.63) is 0 Å². The third-order valence-electron chi connectivity index (χ3n) is 5.26. The minimum atomic E-state index is -0.718. The Morgan fingerprint density at radius 3 is 2.53 bits per heavy atom. The van der Waals surface area contributed by atoms with Gasteiger partial charge in [-0.1, -0.05) is 33.6 Å². The number of hydrogen-bond acceptors (Lipinski definition) is 3. The molecule has 3 nitrogen and oxygen atoms in total. The lowest BCUT2D eigenvalue weighted by Gasteiger charge is -2.37. The monoisotopic (exact) mass is 267 g/mol. The fraction of sp³-hybridized carbons (Fsp3) is 0.938. The molecular weight excluding hydrogens is 238 g/mol. The highest BCUT2D eigenvalue weighted by Gasteiger charge is 2.41. The Hall–Kier alpha value is -0.570. The number of carbonyl (C=O) groups excluding carboxylic acids is 1. The van der Waals surface area contributed by atoms with E-state index >= 15 is 0 Å². The van der Waals surface area contributed by atoms with Gasteiger partial charge in [0.2, 0.25) is 0 Å². The van der Waals surface area contributed by atoms with Crippen molar-refractivity contribution < 1.29 is 9.53 Å². The summed E-state index contributed by atoms with van der Waals surface area (Å²) in [6.07, 6.45) is 7.06. The molecule has 2 N–H and O–H groups in total. The van der Waals surface area contributed by atoms with Crippen LogP contribution in [0.3, 0.4) is 0 Å². The van der Waals surface area contributed by atoms with Crippen molar-refractivity contribution in [3.8, 4) is 0 Å². The van der Waals surface area contributed by atoms with Crippen molar-refractivity contribution in [1.82, 2.24) is 0 Å². The van der Waals surface area contributed by atoms with E-state index in [9.17, 15) is 4.79 Å². The van der Waals surface area contributed by atoms with Crippen LogP contribution >= 0.6 is 0 Å². The van der Waals surface area contributed by atoms with Gasteiger partial charge >= 0.3 is 5.97 Å². The summed E-state index contributed by atoms with van der Waals surface area (Å²) in [6, 6.07) is 0. The molecule has 2 aliphatic rings. The minimum Gasteiger partial charge on any atom is -0.461 e. The Kier molecular flexibility index (Phi) is 4.54. The molecule has 0 saturated heterocycles. The quantitative estimate of drug-likeness (QED) is 0.781. The first-order valence-electron chi connectivity index (χ1n) is 7.90. The third kappa shape index (κ3) is 3.50.